The smallest absolute Gasteiger partial charge is 0.407 e. The highest BCUT2D eigenvalue weighted by atomic mass is 32.2. The SMILES string of the molecule is CCc1csc(C(Cc2ccc(NS(=O)(=O)O)cc2)NC(=O)C(C)CC(C)NC(=O)OC(C)(C)C)n1. The highest BCUT2D eigenvalue weighted by Crippen LogP contribution is 2.24. The van der Waals surface area contributed by atoms with Gasteiger partial charge >= 0.3 is 16.4 Å². The molecule has 0 fully saturated rings. The van der Waals surface area contributed by atoms with Crippen LogP contribution in [0.15, 0.2) is 29.6 Å². The van der Waals surface area contributed by atoms with Crippen LogP contribution < -0.4 is 15.4 Å². The maximum absolute atomic E-state index is 13.1. The van der Waals surface area contributed by atoms with Crippen molar-refractivity contribution in [1.29, 1.82) is 0 Å². The lowest BCUT2D eigenvalue weighted by molar-refractivity contribution is -0.125. The zero-order valence-corrected chi connectivity index (χ0v) is 23.1. The van der Waals surface area contributed by atoms with Gasteiger partial charge in [0.05, 0.1) is 17.4 Å². The Balaban J connectivity index is 2.08. The van der Waals surface area contributed by atoms with Crippen molar-refractivity contribution >= 4 is 39.3 Å². The molecule has 0 bridgehead atoms. The third kappa shape index (κ3) is 10.5. The van der Waals surface area contributed by atoms with Crippen LogP contribution in [0, 0.1) is 5.92 Å². The van der Waals surface area contributed by atoms with Crippen LogP contribution in [0.25, 0.3) is 0 Å². The van der Waals surface area contributed by atoms with Gasteiger partial charge in [-0.15, -0.1) is 11.3 Å². The lowest BCUT2D eigenvalue weighted by Gasteiger charge is -2.24. The Morgan fingerprint density at radius 3 is 2.31 bits per heavy atom. The molecule has 36 heavy (non-hydrogen) atoms. The Morgan fingerprint density at radius 2 is 1.78 bits per heavy atom. The van der Waals surface area contributed by atoms with Gasteiger partial charge < -0.3 is 15.4 Å². The molecule has 0 aliphatic heterocycles. The van der Waals surface area contributed by atoms with Crippen LogP contribution >= 0.6 is 11.3 Å². The Labute approximate surface area is 217 Å². The molecular weight excluding hydrogens is 504 g/mol. The summed E-state index contributed by atoms with van der Waals surface area (Å²) in [5.41, 5.74) is 1.41. The zero-order valence-electron chi connectivity index (χ0n) is 21.5. The Kier molecular flexibility index (Phi) is 10.3. The van der Waals surface area contributed by atoms with Crippen LogP contribution in [0.1, 0.15) is 70.3 Å². The Bertz CT molecular complexity index is 1130. The van der Waals surface area contributed by atoms with Gasteiger partial charge in [-0.3, -0.25) is 14.1 Å². The fraction of sp³-hybridized carbons (Fsp3) is 0.542. The molecule has 12 heteroatoms. The minimum Gasteiger partial charge on any atom is -0.444 e. The molecule has 1 aromatic heterocycles. The number of alkyl carbamates (subject to hydrolysis) is 1. The van der Waals surface area contributed by atoms with Gasteiger partial charge in [-0.25, -0.2) is 9.78 Å². The molecule has 0 aliphatic rings. The van der Waals surface area contributed by atoms with Crippen LogP contribution in [-0.4, -0.2) is 41.6 Å². The van der Waals surface area contributed by atoms with E-state index in [4.69, 9.17) is 9.29 Å². The van der Waals surface area contributed by atoms with E-state index in [2.05, 4.69) is 15.6 Å². The van der Waals surface area contributed by atoms with Crippen molar-refractivity contribution in [3.8, 4) is 0 Å². The number of aromatic nitrogens is 1. The van der Waals surface area contributed by atoms with Crippen LogP contribution in [0.5, 0.6) is 0 Å². The van der Waals surface area contributed by atoms with E-state index in [9.17, 15) is 18.0 Å². The van der Waals surface area contributed by atoms with E-state index in [0.717, 1.165) is 22.7 Å². The zero-order chi connectivity index (χ0) is 27.1. The van der Waals surface area contributed by atoms with E-state index >= 15 is 0 Å². The summed E-state index contributed by atoms with van der Waals surface area (Å²) < 4.78 is 38.3. The third-order valence-electron chi connectivity index (χ3n) is 5.10. The minimum atomic E-state index is -4.36. The predicted octanol–water partition coefficient (Wildman–Crippen LogP) is 4.26. The van der Waals surface area contributed by atoms with Gasteiger partial charge in [0, 0.05) is 17.3 Å². The average Bonchev–Trinajstić information content (AvgIpc) is 3.21. The van der Waals surface area contributed by atoms with Crippen LogP contribution in [0.3, 0.4) is 0 Å². The van der Waals surface area contributed by atoms with Crippen molar-refractivity contribution in [2.75, 3.05) is 4.72 Å². The molecule has 0 saturated heterocycles. The lowest BCUT2D eigenvalue weighted by Crippen LogP contribution is -2.41. The molecule has 0 aliphatic carbocycles. The number of amides is 2. The molecule has 1 aromatic carbocycles. The molecule has 10 nitrogen and oxygen atoms in total. The highest BCUT2D eigenvalue weighted by molar-refractivity contribution is 7.87. The monoisotopic (exact) mass is 540 g/mol. The van der Waals surface area contributed by atoms with Gasteiger partial charge in [0.1, 0.15) is 10.6 Å². The first-order valence-electron chi connectivity index (χ1n) is 11.7. The molecule has 2 aromatic rings. The summed E-state index contributed by atoms with van der Waals surface area (Å²) in [4.78, 5) is 29.7. The molecule has 2 rings (SSSR count). The Morgan fingerprint density at radius 1 is 1.14 bits per heavy atom. The molecule has 0 spiro atoms. The van der Waals surface area contributed by atoms with E-state index in [1.54, 1.807) is 39.8 Å². The molecule has 3 atom stereocenters. The normalized spacial score (nSPS) is 14.4. The second-order valence-corrected chi connectivity index (χ2v) is 11.8. The summed E-state index contributed by atoms with van der Waals surface area (Å²) in [6.07, 6.45) is 1.11. The summed E-state index contributed by atoms with van der Waals surface area (Å²) in [5, 5.41) is 8.58. The van der Waals surface area contributed by atoms with Gasteiger partial charge in [-0.2, -0.15) is 8.42 Å². The quantitative estimate of drug-likeness (QED) is 0.311. The van der Waals surface area contributed by atoms with Crippen LogP contribution in [0.4, 0.5) is 10.5 Å². The number of benzene rings is 1. The minimum absolute atomic E-state index is 0.171. The summed E-state index contributed by atoms with van der Waals surface area (Å²) in [6, 6.07) is 5.85. The standard InChI is InChI=1S/C24H36N4O6S2/c1-7-18-14-35-22(26-18)20(13-17-8-10-19(11-9-17)28-36(31,32)33)27-21(29)15(2)12-16(3)25-23(30)34-24(4,5)6/h8-11,14-16,20,28H,7,12-13H2,1-6H3,(H,25,30)(H,27,29)(H,31,32,33). The number of carbonyl (C=O) groups excluding carboxylic acids is 2. The van der Waals surface area contributed by atoms with Crippen molar-refractivity contribution in [1.82, 2.24) is 15.6 Å². The average molecular weight is 541 g/mol. The Hall–Kier alpha value is -2.70. The third-order valence-corrected chi connectivity index (χ3v) is 6.61. The number of hydrogen-bond donors (Lipinski definition) is 4. The first-order valence-corrected chi connectivity index (χ1v) is 14.1. The topological polar surface area (TPSA) is 147 Å². The number of carbonyl (C=O) groups is 2. The van der Waals surface area contributed by atoms with Gasteiger partial charge in [-0.1, -0.05) is 26.0 Å². The summed E-state index contributed by atoms with van der Waals surface area (Å²) >= 11 is 1.47. The number of nitrogens with one attached hydrogen (secondary N) is 3. The first-order chi connectivity index (χ1) is 16.6. The summed E-state index contributed by atoms with van der Waals surface area (Å²) in [5.74, 6) is -0.555. The number of rotatable bonds is 11. The van der Waals surface area contributed by atoms with Crippen molar-refractivity contribution < 1.29 is 27.3 Å². The molecule has 3 unspecified atom stereocenters. The number of nitrogens with zero attached hydrogens (tertiary/aromatic N) is 1. The number of hydrogen-bond acceptors (Lipinski definition) is 7. The molecule has 1 heterocycles. The lowest BCUT2D eigenvalue weighted by atomic mass is 10.00. The maximum Gasteiger partial charge on any atom is 0.407 e. The van der Waals surface area contributed by atoms with E-state index in [0.29, 0.717) is 12.8 Å². The van der Waals surface area contributed by atoms with Gasteiger partial charge in [0.25, 0.3) is 0 Å². The fourth-order valence-corrected chi connectivity index (χ4v) is 4.84. The fourth-order valence-electron chi connectivity index (χ4n) is 3.46. The van der Waals surface area contributed by atoms with Gasteiger partial charge in [0.2, 0.25) is 5.91 Å². The second kappa shape index (κ2) is 12.5. The first kappa shape index (κ1) is 29.5. The maximum atomic E-state index is 13.1. The number of thiazole rings is 1. The molecule has 0 radical (unpaired) electrons. The molecule has 0 saturated carbocycles. The summed E-state index contributed by atoms with van der Waals surface area (Å²) in [7, 11) is -4.36. The van der Waals surface area contributed by atoms with Crippen LogP contribution in [-0.2, 0) is 32.7 Å². The van der Waals surface area contributed by atoms with Crippen LogP contribution in [0.2, 0.25) is 0 Å². The van der Waals surface area contributed by atoms with E-state index in [1.165, 1.54) is 23.5 Å². The van der Waals surface area contributed by atoms with Gasteiger partial charge in [-0.05, 0) is 64.7 Å². The molecule has 4 N–H and O–H groups in total. The predicted molar refractivity (Wildman–Crippen MR) is 140 cm³/mol. The van der Waals surface area contributed by atoms with Crippen molar-refractivity contribution in [3.63, 3.8) is 0 Å². The molecule has 200 valence electrons. The van der Waals surface area contributed by atoms with Crippen molar-refractivity contribution in [2.24, 2.45) is 5.92 Å². The van der Waals surface area contributed by atoms with Gasteiger partial charge in [0.15, 0.2) is 0 Å². The van der Waals surface area contributed by atoms with E-state index in [-0.39, 0.29) is 29.6 Å². The van der Waals surface area contributed by atoms with E-state index in [1.807, 2.05) is 23.9 Å². The number of aryl methyl sites for hydroxylation is 1. The second-order valence-electron chi connectivity index (χ2n) is 9.75. The summed E-state index contributed by atoms with van der Waals surface area (Å²) in [6.45, 7) is 11.0. The number of ether oxygens (including phenoxy) is 1. The van der Waals surface area contributed by atoms with E-state index < -0.39 is 22.0 Å². The van der Waals surface area contributed by atoms with Crippen molar-refractivity contribution in [2.45, 2.75) is 78.5 Å². The molecular formula is C24H36N4O6S2. The highest BCUT2D eigenvalue weighted by Gasteiger charge is 2.25. The largest absolute Gasteiger partial charge is 0.444 e. The molecule has 2 amide bonds. The number of anilines is 1. The van der Waals surface area contributed by atoms with Crippen molar-refractivity contribution in [3.05, 3.63) is 45.9 Å².